The van der Waals surface area contributed by atoms with E-state index >= 15 is 0 Å². The van der Waals surface area contributed by atoms with Gasteiger partial charge in [0.2, 0.25) is 0 Å². The maximum Gasteiger partial charge on any atom is 0.407 e. The van der Waals surface area contributed by atoms with Crippen LogP contribution in [0, 0.1) is 0 Å². The van der Waals surface area contributed by atoms with Crippen molar-refractivity contribution in [2.75, 3.05) is 52.5 Å². The van der Waals surface area contributed by atoms with Crippen molar-refractivity contribution in [3.63, 3.8) is 0 Å². The molecule has 0 unspecified atom stereocenters. The Morgan fingerprint density at radius 2 is 1.88 bits per heavy atom. The van der Waals surface area contributed by atoms with Crippen LogP contribution in [-0.2, 0) is 17.7 Å². The van der Waals surface area contributed by atoms with E-state index < -0.39 is 6.09 Å². The monoisotopic (exact) mass is 711 g/mol. The summed E-state index contributed by atoms with van der Waals surface area (Å²) in [6.45, 7) is 8.65. The van der Waals surface area contributed by atoms with Crippen LogP contribution in [0.3, 0.4) is 0 Å². The molecule has 2 aliphatic rings. The summed E-state index contributed by atoms with van der Waals surface area (Å²) in [5.41, 5.74) is 1.18. The van der Waals surface area contributed by atoms with Crippen LogP contribution >= 0.6 is 22.7 Å². The van der Waals surface area contributed by atoms with Gasteiger partial charge in [-0.25, -0.2) is 9.78 Å². The van der Waals surface area contributed by atoms with Crippen molar-refractivity contribution in [3.05, 3.63) is 67.2 Å². The summed E-state index contributed by atoms with van der Waals surface area (Å²) in [5.74, 6) is 0.706. The standard InChI is InChI=1S/C34H41N5O8S2/c1-21(2)30-35-18-27(48-30)31(42)39-14-16-47-34(20-39)8-11-37(12-9-34)13-15-46-24-5-3-23(26(41)17-24)19-38(33(44)45)10-7-22-4-6-25(40)28-29(22)49-32(43)36-28/h3-6,17-18,21,40-41H,7-16,19-20H2,1-2H3,(H,36,43)(H,44,45). The number of aromatic hydroxyl groups is 2. The Morgan fingerprint density at radius 1 is 1.10 bits per heavy atom. The first-order valence-electron chi connectivity index (χ1n) is 16.4. The third-order valence-electron chi connectivity index (χ3n) is 9.19. The van der Waals surface area contributed by atoms with E-state index in [-0.39, 0.29) is 41.0 Å². The molecular formula is C34H41N5O8S2. The molecule has 2 saturated heterocycles. The highest BCUT2D eigenvalue weighted by atomic mass is 32.1. The number of aromatic amines is 1. The first-order valence-corrected chi connectivity index (χ1v) is 18.0. The van der Waals surface area contributed by atoms with Gasteiger partial charge in [-0.2, -0.15) is 0 Å². The van der Waals surface area contributed by atoms with Crippen molar-refractivity contribution in [3.8, 4) is 17.2 Å². The highest BCUT2D eigenvalue weighted by molar-refractivity contribution is 7.16. The molecule has 262 valence electrons. The van der Waals surface area contributed by atoms with Gasteiger partial charge in [-0.15, -0.1) is 11.3 Å². The summed E-state index contributed by atoms with van der Waals surface area (Å²) < 4.78 is 12.8. The van der Waals surface area contributed by atoms with E-state index in [0.29, 0.717) is 71.6 Å². The van der Waals surface area contributed by atoms with Gasteiger partial charge < -0.3 is 39.6 Å². The fourth-order valence-electron chi connectivity index (χ4n) is 6.35. The number of phenols is 2. The molecule has 0 atom stereocenters. The van der Waals surface area contributed by atoms with Crippen LogP contribution in [0.25, 0.3) is 10.2 Å². The number of morpholine rings is 1. The molecule has 6 rings (SSSR count). The van der Waals surface area contributed by atoms with Crippen LogP contribution in [0.2, 0.25) is 0 Å². The number of ether oxygens (including phenoxy) is 2. The molecule has 2 amide bonds. The van der Waals surface area contributed by atoms with Crippen molar-refractivity contribution in [1.29, 1.82) is 0 Å². The number of carboxylic acid groups (broad SMARTS) is 1. The Hall–Kier alpha value is -4.18. The predicted octanol–water partition coefficient (Wildman–Crippen LogP) is 4.69. The zero-order valence-corrected chi connectivity index (χ0v) is 29.1. The number of nitrogens with zero attached hydrogens (tertiary/aromatic N) is 4. The third kappa shape index (κ3) is 8.01. The molecule has 15 heteroatoms. The molecule has 2 fully saturated rings. The first-order chi connectivity index (χ1) is 23.5. The lowest BCUT2D eigenvalue weighted by Gasteiger charge is -2.47. The number of piperidine rings is 1. The summed E-state index contributed by atoms with van der Waals surface area (Å²) in [6.07, 6.45) is 2.51. The van der Waals surface area contributed by atoms with Gasteiger partial charge in [-0.05, 0) is 43.0 Å². The van der Waals surface area contributed by atoms with E-state index in [1.54, 1.807) is 24.4 Å². The predicted molar refractivity (Wildman–Crippen MR) is 186 cm³/mol. The molecule has 4 N–H and O–H groups in total. The zero-order valence-electron chi connectivity index (χ0n) is 27.5. The second kappa shape index (κ2) is 14.7. The summed E-state index contributed by atoms with van der Waals surface area (Å²) in [6, 6.07) is 8.03. The average molecular weight is 712 g/mol. The SMILES string of the molecule is CC(C)c1ncc(C(=O)N2CCOC3(CCN(CCOc4ccc(CN(CCc5ccc(O)c6[nH]c(=O)sc56)C(=O)O)c(O)c4)CC3)C2)s1. The molecule has 2 aromatic carbocycles. The number of phenolic OH excluding ortho intramolecular Hbond substituents is 2. The third-order valence-corrected chi connectivity index (χ3v) is 11.4. The van der Waals surface area contributed by atoms with Gasteiger partial charge in [0, 0.05) is 50.3 Å². The summed E-state index contributed by atoms with van der Waals surface area (Å²) in [4.78, 5) is 49.9. The molecule has 4 heterocycles. The van der Waals surface area contributed by atoms with Crippen molar-refractivity contribution < 1.29 is 34.4 Å². The quantitative estimate of drug-likeness (QED) is 0.171. The Bertz CT molecular complexity index is 1860. The minimum absolute atomic E-state index is 0.0282. The number of hydrogen-bond acceptors (Lipinski definition) is 11. The van der Waals surface area contributed by atoms with Crippen LogP contribution in [0.1, 0.15) is 58.4 Å². The number of likely N-dealkylation sites (tertiary alicyclic amines) is 1. The van der Waals surface area contributed by atoms with Crippen LogP contribution in [-0.4, -0.2) is 110 Å². The maximum atomic E-state index is 13.2. The summed E-state index contributed by atoms with van der Waals surface area (Å²) >= 11 is 2.44. The number of carbonyl (C=O) groups is 2. The zero-order chi connectivity index (χ0) is 34.7. The average Bonchev–Trinajstić information content (AvgIpc) is 3.73. The molecule has 0 aliphatic carbocycles. The second-order valence-corrected chi connectivity index (χ2v) is 14.9. The number of amides is 2. The van der Waals surface area contributed by atoms with Gasteiger partial charge in [0.05, 0.1) is 41.2 Å². The lowest BCUT2D eigenvalue weighted by atomic mass is 9.89. The van der Waals surface area contributed by atoms with Crippen LogP contribution in [0.4, 0.5) is 4.79 Å². The Labute approximate surface area is 291 Å². The van der Waals surface area contributed by atoms with E-state index in [0.717, 1.165) is 47.8 Å². The number of carbonyl (C=O) groups excluding carboxylic acids is 1. The molecule has 2 aliphatic heterocycles. The smallest absolute Gasteiger partial charge is 0.407 e. The maximum absolute atomic E-state index is 13.2. The van der Waals surface area contributed by atoms with Crippen molar-refractivity contribution in [1.82, 2.24) is 24.7 Å². The van der Waals surface area contributed by atoms with Crippen LogP contribution < -0.4 is 9.61 Å². The van der Waals surface area contributed by atoms with Crippen LogP contribution in [0.15, 0.2) is 41.3 Å². The summed E-state index contributed by atoms with van der Waals surface area (Å²) in [5, 5.41) is 31.5. The second-order valence-electron chi connectivity index (χ2n) is 12.9. The van der Waals surface area contributed by atoms with Gasteiger partial charge in [0.1, 0.15) is 34.2 Å². The first kappa shape index (κ1) is 34.7. The minimum Gasteiger partial charge on any atom is -0.507 e. The Balaban J connectivity index is 0.965. The van der Waals surface area contributed by atoms with Crippen molar-refractivity contribution in [2.24, 2.45) is 0 Å². The van der Waals surface area contributed by atoms with E-state index in [4.69, 9.17) is 9.47 Å². The highest BCUT2D eigenvalue weighted by Gasteiger charge is 2.41. The van der Waals surface area contributed by atoms with Gasteiger partial charge in [-0.3, -0.25) is 14.5 Å². The number of nitrogens with one attached hydrogen (secondary N) is 1. The van der Waals surface area contributed by atoms with Crippen molar-refractivity contribution in [2.45, 2.75) is 51.2 Å². The largest absolute Gasteiger partial charge is 0.507 e. The normalized spacial score (nSPS) is 16.4. The summed E-state index contributed by atoms with van der Waals surface area (Å²) in [7, 11) is 0. The van der Waals surface area contributed by atoms with Crippen LogP contribution in [0.5, 0.6) is 17.2 Å². The van der Waals surface area contributed by atoms with Gasteiger partial charge in [0.25, 0.3) is 5.91 Å². The van der Waals surface area contributed by atoms with Gasteiger partial charge in [0.15, 0.2) is 0 Å². The number of fused-ring (bicyclic) bond motifs is 1. The van der Waals surface area contributed by atoms with Gasteiger partial charge >= 0.3 is 11.0 Å². The van der Waals surface area contributed by atoms with E-state index in [1.165, 1.54) is 28.4 Å². The number of thiazole rings is 2. The molecule has 13 nitrogen and oxygen atoms in total. The molecule has 4 aromatic rings. The Kier molecular flexibility index (Phi) is 10.4. The Morgan fingerprint density at radius 3 is 2.59 bits per heavy atom. The van der Waals surface area contributed by atoms with E-state index in [1.807, 2.05) is 4.90 Å². The molecule has 0 bridgehead atoms. The minimum atomic E-state index is -1.14. The number of aromatic nitrogens is 2. The van der Waals surface area contributed by atoms with Crippen molar-refractivity contribution >= 4 is 44.9 Å². The number of rotatable bonds is 11. The van der Waals surface area contributed by atoms with E-state index in [2.05, 4.69) is 28.7 Å². The fraction of sp³-hybridized carbons (Fsp3) is 0.471. The molecule has 0 saturated carbocycles. The topological polar surface area (TPSA) is 169 Å². The molecule has 1 spiro atoms. The van der Waals surface area contributed by atoms with E-state index in [9.17, 15) is 29.7 Å². The number of hydrogen-bond donors (Lipinski definition) is 4. The molecular weight excluding hydrogens is 671 g/mol. The lowest BCUT2D eigenvalue weighted by molar-refractivity contribution is -0.127. The fourth-order valence-corrected chi connectivity index (χ4v) is 8.13. The number of H-pyrrole nitrogens is 1. The number of benzene rings is 2. The molecule has 0 radical (unpaired) electrons. The highest BCUT2D eigenvalue weighted by Crippen LogP contribution is 2.33. The molecule has 49 heavy (non-hydrogen) atoms. The lowest BCUT2D eigenvalue weighted by Crippen LogP contribution is -2.58. The van der Waals surface area contributed by atoms with Gasteiger partial charge in [-0.1, -0.05) is 31.3 Å². The molecule has 2 aromatic heterocycles.